The molecule has 0 spiro atoms. The average molecular weight is 333 g/mol. The monoisotopic (exact) mass is 333 g/mol. The van der Waals surface area contributed by atoms with Crippen LogP contribution in [0.1, 0.15) is 11.4 Å². The van der Waals surface area contributed by atoms with Crippen molar-refractivity contribution in [3.05, 3.63) is 65.5 Å². The number of nitriles is 1. The summed E-state index contributed by atoms with van der Waals surface area (Å²) in [5.74, 6) is 2.29. The molecule has 124 valence electrons. The number of hydrogen-bond acceptors (Lipinski definition) is 6. The highest BCUT2D eigenvalue weighted by molar-refractivity contribution is 5.74. The molecule has 2 aromatic rings. The summed E-state index contributed by atoms with van der Waals surface area (Å²) in [6.45, 7) is 0.258. The van der Waals surface area contributed by atoms with Crippen molar-refractivity contribution in [3.8, 4) is 6.07 Å². The van der Waals surface area contributed by atoms with Crippen LogP contribution in [0.3, 0.4) is 0 Å². The molecule has 0 fully saturated rings. The molecule has 2 aromatic heterocycles. The highest BCUT2D eigenvalue weighted by atomic mass is 16.5. The Labute approximate surface area is 144 Å². The Bertz CT molecular complexity index is 977. The predicted octanol–water partition coefficient (Wildman–Crippen LogP) is 2.17. The minimum atomic E-state index is -0.0275. The first-order valence-corrected chi connectivity index (χ1v) is 7.82. The number of allylic oxidation sites excluding steroid dienone is 2. The van der Waals surface area contributed by atoms with Crippen LogP contribution in [0, 0.1) is 17.2 Å². The number of rotatable bonds is 4. The van der Waals surface area contributed by atoms with Gasteiger partial charge in [0.15, 0.2) is 11.5 Å². The van der Waals surface area contributed by atoms with Crippen molar-refractivity contribution in [1.29, 1.82) is 5.26 Å². The summed E-state index contributed by atoms with van der Waals surface area (Å²) in [7, 11) is 1.64. The third-order valence-electron chi connectivity index (χ3n) is 4.20. The van der Waals surface area contributed by atoms with Crippen molar-refractivity contribution in [2.45, 2.75) is 12.6 Å². The summed E-state index contributed by atoms with van der Waals surface area (Å²) in [6, 6.07) is 5.56. The quantitative estimate of drug-likeness (QED) is 0.856. The van der Waals surface area contributed by atoms with Gasteiger partial charge in [-0.2, -0.15) is 5.26 Å². The van der Waals surface area contributed by atoms with Gasteiger partial charge in [-0.1, -0.05) is 6.08 Å². The molecule has 0 bridgehead atoms. The third kappa shape index (κ3) is 2.78. The Morgan fingerprint density at radius 1 is 1.32 bits per heavy atom. The maximum atomic E-state index is 9.05. The Morgan fingerprint density at radius 2 is 2.24 bits per heavy atom. The minimum Gasteiger partial charge on any atom is -0.497 e. The number of methoxy groups -OCH3 is 1. The lowest BCUT2D eigenvalue weighted by Crippen LogP contribution is -2.24. The molecule has 3 heterocycles. The van der Waals surface area contributed by atoms with Gasteiger partial charge >= 0.3 is 0 Å². The van der Waals surface area contributed by atoms with E-state index in [2.05, 4.69) is 21.3 Å². The molecule has 0 N–H and O–H groups in total. The van der Waals surface area contributed by atoms with Crippen molar-refractivity contribution >= 4 is 11.9 Å². The molecular weight excluding hydrogens is 318 g/mol. The van der Waals surface area contributed by atoms with Crippen LogP contribution < -0.4 is 0 Å². The second kappa shape index (κ2) is 6.24. The highest BCUT2D eigenvalue weighted by Crippen LogP contribution is 2.29. The molecule has 2 atom stereocenters. The van der Waals surface area contributed by atoms with Crippen molar-refractivity contribution in [2.24, 2.45) is 10.9 Å². The van der Waals surface area contributed by atoms with Gasteiger partial charge < -0.3 is 9.47 Å². The molecule has 1 aliphatic carbocycles. The normalized spacial score (nSPS) is 21.3. The number of ether oxygens (including phenoxy) is 2. The SMILES string of the molecule is COC1=CC2N=CC=C(OCc3nnc4ccc(C#N)cn34)C2C=C1. The molecule has 4 rings (SSSR count). The topological polar surface area (TPSA) is 84.8 Å². The zero-order valence-electron chi connectivity index (χ0n) is 13.5. The molecule has 0 radical (unpaired) electrons. The first-order valence-electron chi connectivity index (χ1n) is 7.82. The van der Waals surface area contributed by atoms with Gasteiger partial charge in [0.1, 0.15) is 24.2 Å². The molecule has 2 aliphatic rings. The Balaban J connectivity index is 1.53. The lowest BCUT2D eigenvalue weighted by molar-refractivity contribution is 0.162. The average Bonchev–Trinajstić information content (AvgIpc) is 3.07. The van der Waals surface area contributed by atoms with Gasteiger partial charge in [0.2, 0.25) is 0 Å². The zero-order valence-corrected chi connectivity index (χ0v) is 13.5. The molecule has 0 saturated heterocycles. The van der Waals surface area contributed by atoms with Crippen LogP contribution in [0.25, 0.3) is 5.65 Å². The van der Waals surface area contributed by atoms with E-state index < -0.39 is 0 Å². The van der Waals surface area contributed by atoms with E-state index in [1.807, 2.05) is 24.3 Å². The second-order valence-corrected chi connectivity index (χ2v) is 5.68. The molecule has 0 saturated carbocycles. The minimum absolute atomic E-state index is 0.0275. The number of aliphatic imine (C=N–C) groups is 1. The van der Waals surface area contributed by atoms with Gasteiger partial charge in [0.25, 0.3) is 0 Å². The summed E-state index contributed by atoms with van der Waals surface area (Å²) in [5.41, 5.74) is 1.23. The number of hydrogen-bond donors (Lipinski definition) is 0. The summed E-state index contributed by atoms with van der Waals surface area (Å²) >= 11 is 0. The fraction of sp³-hybridized carbons (Fsp3) is 0.222. The van der Waals surface area contributed by atoms with E-state index in [1.54, 1.807) is 36.1 Å². The van der Waals surface area contributed by atoms with Gasteiger partial charge in [-0.3, -0.25) is 9.39 Å². The molecule has 2 unspecified atom stereocenters. The van der Waals surface area contributed by atoms with Crippen molar-refractivity contribution in [2.75, 3.05) is 7.11 Å². The number of aromatic nitrogens is 3. The van der Waals surface area contributed by atoms with Crippen LogP contribution in [0.4, 0.5) is 0 Å². The van der Waals surface area contributed by atoms with Gasteiger partial charge in [0.05, 0.1) is 24.6 Å². The summed E-state index contributed by atoms with van der Waals surface area (Å²) in [5, 5.41) is 17.3. The number of fused-ring (bicyclic) bond motifs is 2. The van der Waals surface area contributed by atoms with Crippen molar-refractivity contribution in [3.63, 3.8) is 0 Å². The molecule has 25 heavy (non-hydrogen) atoms. The van der Waals surface area contributed by atoms with Crippen LogP contribution in [0.2, 0.25) is 0 Å². The van der Waals surface area contributed by atoms with Crippen molar-refractivity contribution in [1.82, 2.24) is 14.6 Å². The van der Waals surface area contributed by atoms with Crippen molar-refractivity contribution < 1.29 is 9.47 Å². The van der Waals surface area contributed by atoms with E-state index in [-0.39, 0.29) is 18.6 Å². The molecule has 1 aliphatic heterocycles. The van der Waals surface area contributed by atoms with Crippen LogP contribution in [0.15, 0.2) is 59.1 Å². The molecule has 7 heteroatoms. The molecule has 0 aromatic carbocycles. The standard InChI is InChI=1S/C18H15N5O2/c1-24-13-3-4-14-15(8-13)20-7-6-16(14)25-11-18-22-21-17-5-2-12(9-19)10-23(17)18/h2-8,10,14-15H,11H2,1H3. The van der Waals surface area contributed by atoms with Crippen LogP contribution >= 0.6 is 0 Å². The number of pyridine rings is 1. The lowest BCUT2D eigenvalue weighted by Gasteiger charge is -2.27. The van der Waals surface area contributed by atoms with Crippen LogP contribution in [-0.2, 0) is 16.1 Å². The first kappa shape index (κ1) is 15.1. The number of nitrogens with zero attached hydrogens (tertiary/aromatic N) is 5. The fourth-order valence-corrected chi connectivity index (χ4v) is 2.90. The number of dihydropyridines is 1. The third-order valence-corrected chi connectivity index (χ3v) is 4.20. The zero-order chi connectivity index (χ0) is 17.2. The maximum absolute atomic E-state index is 9.05. The summed E-state index contributed by atoms with van der Waals surface area (Å²) < 4.78 is 13.0. The second-order valence-electron chi connectivity index (χ2n) is 5.68. The lowest BCUT2D eigenvalue weighted by atomic mass is 9.91. The van der Waals surface area contributed by atoms with E-state index >= 15 is 0 Å². The maximum Gasteiger partial charge on any atom is 0.175 e. The van der Waals surface area contributed by atoms with E-state index in [0.717, 1.165) is 11.5 Å². The highest BCUT2D eigenvalue weighted by Gasteiger charge is 2.27. The van der Waals surface area contributed by atoms with Gasteiger partial charge in [-0.05, 0) is 30.4 Å². The molecular formula is C18H15N5O2. The van der Waals surface area contributed by atoms with E-state index in [0.29, 0.717) is 17.0 Å². The smallest absolute Gasteiger partial charge is 0.175 e. The predicted molar refractivity (Wildman–Crippen MR) is 90.6 cm³/mol. The van der Waals surface area contributed by atoms with E-state index in [1.165, 1.54) is 0 Å². The van der Waals surface area contributed by atoms with Crippen LogP contribution in [-0.4, -0.2) is 34.0 Å². The van der Waals surface area contributed by atoms with Crippen LogP contribution in [0.5, 0.6) is 0 Å². The van der Waals surface area contributed by atoms with E-state index in [9.17, 15) is 0 Å². The van der Waals surface area contributed by atoms with Gasteiger partial charge in [-0.15, -0.1) is 10.2 Å². The van der Waals surface area contributed by atoms with Gasteiger partial charge in [0, 0.05) is 12.4 Å². The Morgan fingerprint density at radius 3 is 3.08 bits per heavy atom. The summed E-state index contributed by atoms with van der Waals surface area (Å²) in [6.07, 6.45) is 11.2. The Hall–Kier alpha value is -3.40. The Kier molecular flexibility index (Phi) is 3.78. The molecule has 7 nitrogen and oxygen atoms in total. The summed E-state index contributed by atoms with van der Waals surface area (Å²) in [4.78, 5) is 4.46. The largest absolute Gasteiger partial charge is 0.497 e. The van der Waals surface area contributed by atoms with E-state index in [4.69, 9.17) is 14.7 Å². The van der Waals surface area contributed by atoms with Gasteiger partial charge in [-0.25, -0.2) is 0 Å². The molecule has 0 amide bonds. The fourth-order valence-electron chi connectivity index (χ4n) is 2.90. The first-order chi connectivity index (χ1) is 12.3.